The highest BCUT2D eigenvalue weighted by atomic mass is 32.2. The number of ether oxygens (including phenoxy) is 1. The lowest BCUT2D eigenvalue weighted by Crippen LogP contribution is -2.32. The molecule has 2 aromatic carbocycles. The molecule has 0 radical (unpaired) electrons. The zero-order valence-electron chi connectivity index (χ0n) is 14.3. The summed E-state index contributed by atoms with van der Waals surface area (Å²) in [6.45, 7) is 3.65. The minimum atomic E-state index is -4.00. The van der Waals surface area contributed by atoms with E-state index in [1.165, 1.54) is 32.2 Å². The molecular weight excluding hydrogens is 344 g/mol. The van der Waals surface area contributed by atoms with Crippen molar-refractivity contribution in [2.75, 3.05) is 20.2 Å². The number of hydrogen-bond acceptors (Lipinski definition) is 5. The molecule has 7 nitrogen and oxygen atoms in total. The van der Waals surface area contributed by atoms with Crippen LogP contribution in [0.1, 0.15) is 11.1 Å². The van der Waals surface area contributed by atoms with Crippen molar-refractivity contribution in [1.82, 2.24) is 4.31 Å². The Morgan fingerprint density at radius 2 is 1.72 bits per heavy atom. The summed E-state index contributed by atoms with van der Waals surface area (Å²) >= 11 is 0. The smallest absolute Gasteiger partial charge is 0.289 e. The van der Waals surface area contributed by atoms with Crippen LogP contribution in [0.2, 0.25) is 0 Å². The lowest BCUT2D eigenvalue weighted by atomic mass is 10.2. The van der Waals surface area contributed by atoms with Crippen molar-refractivity contribution in [3.8, 4) is 5.75 Å². The molecule has 2 aromatic rings. The molecule has 2 rings (SSSR count). The van der Waals surface area contributed by atoms with Crippen LogP contribution in [-0.4, -0.2) is 37.8 Å². The van der Waals surface area contributed by atoms with Crippen LogP contribution < -0.4 is 4.74 Å². The van der Waals surface area contributed by atoms with Crippen molar-refractivity contribution < 1.29 is 18.1 Å². The molecule has 0 aliphatic carbocycles. The van der Waals surface area contributed by atoms with Crippen molar-refractivity contribution in [3.05, 3.63) is 63.7 Å². The van der Waals surface area contributed by atoms with Crippen LogP contribution in [0.25, 0.3) is 0 Å². The monoisotopic (exact) mass is 364 g/mol. The molecule has 0 aliphatic rings. The third kappa shape index (κ3) is 4.15. The van der Waals surface area contributed by atoms with E-state index in [4.69, 9.17) is 4.74 Å². The fourth-order valence-electron chi connectivity index (χ4n) is 2.39. The molecule has 0 bridgehead atoms. The maximum Gasteiger partial charge on any atom is 0.289 e. The molecule has 0 atom stereocenters. The molecule has 0 N–H and O–H groups in total. The van der Waals surface area contributed by atoms with Gasteiger partial charge in [0.2, 0.25) is 10.0 Å². The third-order valence-corrected chi connectivity index (χ3v) is 5.86. The van der Waals surface area contributed by atoms with Gasteiger partial charge in [0.1, 0.15) is 12.4 Å². The molecule has 134 valence electrons. The molecule has 0 aliphatic heterocycles. The van der Waals surface area contributed by atoms with Gasteiger partial charge in [-0.1, -0.05) is 30.3 Å². The van der Waals surface area contributed by atoms with Crippen molar-refractivity contribution in [1.29, 1.82) is 0 Å². The van der Waals surface area contributed by atoms with Gasteiger partial charge in [0, 0.05) is 19.7 Å². The predicted molar refractivity (Wildman–Crippen MR) is 94.3 cm³/mol. The topological polar surface area (TPSA) is 89.8 Å². The fourth-order valence-corrected chi connectivity index (χ4v) is 3.90. The minimum absolute atomic E-state index is 0.0716. The first-order valence-electron chi connectivity index (χ1n) is 7.64. The van der Waals surface area contributed by atoms with Crippen LogP contribution in [-0.2, 0) is 10.0 Å². The zero-order valence-corrected chi connectivity index (χ0v) is 15.1. The Morgan fingerprint density at radius 3 is 2.36 bits per heavy atom. The Balaban J connectivity index is 2.17. The van der Waals surface area contributed by atoms with Crippen LogP contribution in [0, 0.1) is 24.0 Å². The summed E-state index contributed by atoms with van der Waals surface area (Å²) < 4.78 is 32.2. The van der Waals surface area contributed by atoms with E-state index in [1.807, 2.05) is 25.1 Å². The van der Waals surface area contributed by atoms with E-state index in [2.05, 4.69) is 0 Å². The summed E-state index contributed by atoms with van der Waals surface area (Å²) in [5.74, 6) is 0.676. The molecule has 25 heavy (non-hydrogen) atoms. The van der Waals surface area contributed by atoms with Gasteiger partial charge in [-0.15, -0.1) is 0 Å². The number of para-hydroxylation sites is 1. The second-order valence-corrected chi connectivity index (χ2v) is 7.60. The normalized spacial score (nSPS) is 11.5. The highest BCUT2D eigenvalue weighted by Gasteiger charge is 2.31. The third-order valence-electron chi connectivity index (χ3n) is 3.81. The SMILES string of the molecule is Cc1ccccc1OCCN(C)S(=O)(=O)c1c(C)cccc1[N+](=O)[O-]. The van der Waals surface area contributed by atoms with Gasteiger partial charge in [0.05, 0.1) is 4.92 Å². The highest BCUT2D eigenvalue weighted by molar-refractivity contribution is 7.89. The fraction of sp³-hybridized carbons (Fsp3) is 0.294. The van der Waals surface area contributed by atoms with Gasteiger partial charge >= 0.3 is 0 Å². The molecule has 0 fully saturated rings. The van der Waals surface area contributed by atoms with Crippen LogP contribution in [0.3, 0.4) is 0 Å². The van der Waals surface area contributed by atoms with Crippen LogP contribution in [0.15, 0.2) is 47.4 Å². The Bertz CT molecular complexity index is 880. The van der Waals surface area contributed by atoms with E-state index in [-0.39, 0.29) is 18.0 Å². The largest absolute Gasteiger partial charge is 0.492 e. The molecule has 0 heterocycles. The first-order chi connectivity index (χ1) is 11.7. The molecule has 0 saturated heterocycles. The summed E-state index contributed by atoms with van der Waals surface area (Å²) in [5, 5.41) is 11.2. The number of nitro groups is 1. The molecule has 0 spiro atoms. The number of aryl methyl sites for hydroxylation is 2. The maximum atomic E-state index is 12.8. The summed E-state index contributed by atoms with van der Waals surface area (Å²) in [4.78, 5) is 10.2. The number of rotatable bonds is 7. The van der Waals surface area contributed by atoms with Gasteiger partial charge in [-0.05, 0) is 31.0 Å². The van der Waals surface area contributed by atoms with Gasteiger partial charge in [0.25, 0.3) is 5.69 Å². The van der Waals surface area contributed by atoms with Crippen LogP contribution >= 0.6 is 0 Å². The standard InChI is InChI=1S/C17H20N2O5S/c1-13-7-4-5-10-16(13)24-12-11-18(3)25(22,23)17-14(2)8-6-9-15(17)19(20)21/h4-10H,11-12H2,1-3H3. The second-order valence-electron chi connectivity index (χ2n) is 5.62. The predicted octanol–water partition coefficient (Wildman–Crippen LogP) is 2.91. The average molecular weight is 364 g/mol. The summed E-state index contributed by atoms with van der Waals surface area (Å²) in [6.07, 6.45) is 0. The molecule has 0 saturated carbocycles. The van der Waals surface area contributed by atoms with Crippen LogP contribution in [0.4, 0.5) is 5.69 Å². The van der Waals surface area contributed by atoms with Crippen molar-refractivity contribution in [2.45, 2.75) is 18.7 Å². The van der Waals surface area contributed by atoms with E-state index < -0.39 is 20.6 Å². The number of benzene rings is 2. The molecular formula is C17H20N2O5S. The van der Waals surface area contributed by atoms with E-state index in [0.29, 0.717) is 11.3 Å². The van der Waals surface area contributed by atoms with Crippen molar-refractivity contribution in [3.63, 3.8) is 0 Å². The number of nitro benzene ring substituents is 1. The molecule has 0 aromatic heterocycles. The van der Waals surface area contributed by atoms with Crippen molar-refractivity contribution >= 4 is 15.7 Å². The summed E-state index contributed by atoms with van der Waals surface area (Å²) in [5.41, 5.74) is 0.857. The van der Waals surface area contributed by atoms with Gasteiger partial charge in [-0.25, -0.2) is 8.42 Å². The van der Waals surface area contributed by atoms with E-state index >= 15 is 0 Å². The number of sulfonamides is 1. The van der Waals surface area contributed by atoms with Gasteiger partial charge < -0.3 is 4.74 Å². The first kappa shape index (κ1) is 18.9. The summed E-state index contributed by atoms with van der Waals surface area (Å²) in [7, 11) is -2.62. The summed E-state index contributed by atoms with van der Waals surface area (Å²) in [6, 6.07) is 11.6. The number of likely N-dealkylation sites (N-methyl/N-ethyl adjacent to an activating group) is 1. The lowest BCUT2D eigenvalue weighted by Gasteiger charge is -2.19. The van der Waals surface area contributed by atoms with Gasteiger partial charge in [-0.3, -0.25) is 10.1 Å². The van der Waals surface area contributed by atoms with E-state index in [0.717, 1.165) is 9.87 Å². The van der Waals surface area contributed by atoms with Gasteiger partial charge in [-0.2, -0.15) is 4.31 Å². The quantitative estimate of drug-likeness (QED) is 0.557. The van der Waals surface area contributed by atoms with Crippen LogP contribution in [0.5, 0.6) is 5.75 Å². The zero-order chi connectivity index (χ0) is 18.6. The Hall–Kier alpha value is -2.45. The minimum Gasteiger partial charge on any atom is -0.492 e. The van der Waals surface area contributed by atoms with Crippen molar-refractivity contribution in [2.24, 2.45) is 0 Å². The Kier molecular flexibility index (Phi) is 5.76. The van der Waals surface area contributed by atoms with E-state index in [9.17, 15) is 18.5 Å². The molecule has 8 heteroatoms. The van der Waals surface area contributed by atoms with E-state index in [1.54, 1.807) is 6.07 Å². The molecule has 0 unspecified atom stereocenters. The number of nitrogens with zero attached hydrogens (tertiary/aromatic N) is 2. The Morgan fingerprint density at radius 1 is 1.08 bits per heavy atom. The second kappa shape index (κ2) is 7.62. The maximum absolute atomic E-state index is 12.8. The Labute approximate surface area is 147 Å². The molecule has 0 amide bonds. The first-order valence-corrected chi connectivity index (χ1v) is 9.08. The highest BCUT2D eigenvalue weighted by Crippen LogP contribution is 2.29. The number of hydrogen-bond donors (Lipinski definition) is 0. The van der Waals surface area contributed by atoms with Gasteiger partial charge in [0.15, 0.2) is 4.90 Å². The lowest BCUT2D eigenvalue weighted by molar-refractivity contribution is -0.387. The average Bonchev–Trinajstić information content (AvgIpc) is 2.55.